The van der Waals surface area contributed by atoms with Gasteiger partial charge in [0.25, 0.3) is 0 Å². The molecule has 3 atom stereocenters. The molecule has 2 aromatic carbocycles. The van der Waals surface area contributed by atoms with Crippen molar-refractivity contribution >= 4 is 37.8 Å². The van der Waals surface area contributed by atoms with E-state index < -0.39 is 6.10 Å². The molecule has 0 amide bonds. The second-order valence-corrected chi connectivity index (χ2v) is 10.6. The predicted octanol–water partition coefficient (Wildman–Crippen LogP) is 6.95. The van der Waals surface area contributed by atoms with Gasteiger partial charge in [0.15, 0.2) is 0 Å². The average molecular weight is 504 g/mol. The molecule has 1 aliphatic carbocycles. The minimum Gasteiger partial charge on any atom is -0.453 e. The fraction of sp³-hybridized carbons (Fsp3) is 0.292. The van der Waals surface area contributed by atoms with Crippen molar-refractivity contribution in [3.63, 3.8) is 0 Å². The van der Waals surface area contributed by atoms with Crippen molar-refractivity contribution < 1.29 is 9.53 Å². The van der Waals surface area contributed by atoms with E-state index in [1.807, 2.05) is 36.4 Å². The Morgan fingerprint density at radius 3 is 2.46 bits per heavy atom. The first-order valence-electron chi connectivity index (χ1n) is 9.31. The zero-order chi connectivity index (χ0) is 20.3. The maximum atomic E-state index is 12.8. The van der Waals surface area contributed by atoms with E-state index in [0.717, 1.165) is 15.4 Å². The summed E-state index contributed by atoms with van der Waals surface area (Å²) in [4.78, 5) is 12.8. The van der Waals surface area contributed by atoms with E-state index in [4.69, 9.17) is 4.74 Å². The zero-order valence-electron chi connectivity index (χ0n) is 16.1. The van der Waals surface area contributed by atoms with Crippen molar-refractivity contribution in [3.05, 3.63) is 93.4 Å². The first-order chi connectivity index (χ1) is 13.3. The Morgan fingerprint density at radius 2 is 1.82 bits per heavy atom. The Morgan fingerprint density at radius 1 is 1.14 bits per heavy atom. The standard InChI is InChI=1S/C24H24Br2O2/c1-4-20(28-23(27)22-19(15-21(25)26)24(22,2)3)18-12-8-11-17(14-18)13-16-9-6-5-7-10-16/h4-12,14-15,19-20,22H,1,13H2,2-3H3. The molecule has 0 aromatic heterocycles. The van der Waals surface area contributed by atoms with Crippen LogP contribution < -0.4 is 0 Å². The Labute approximate surface area is 183 Å². The lowest BCUT2D eigenvalue weighted by Crippen LogP contribution is -2.14. The van der Waals surface area contributed by atoms with Crippen molar-refractivity contribution in [3.8, 4) is 0 Å². The van der Waals surface area contributed by atoms with Crippen molar-refractivity contribution in [2.45, 2.75) is 26.4 Å². The lowest BCUT2D eigenvalue weighted by molar-refractivity contribution is -0.149. The van der Waals surface area contributed by atoms with Crippen molar-refractivity contribution in [1.82, 2.24) is 0 Å². The third-order valence-corrected chi connectivity index (χ3v) is 5.99. The molecule has 0 bridgehead atoms. The first-order valence-corrected chi connectivity index (χ1v) is 10.9. The number of esters is 1. The third kappa shape index (κ3) is 4.84. The molecule has 0 N–H and O–H groups in total. The summed E-state index contributed by atoms with van der Waals surface area (Å²) >= 11 is 6.78. The number of carbonyl (C=O) groups is 1. The van der Waals surface area contributed by atoms with Gasteiger partial charge in [-0.3, -0.25) is 4.79 Å². The van der Waals surface area contributed by atoms with Gasteiger partial charge in [-0.2, -0.15) is 0 Å². The molecule has 0 aliphatic heterocycles. The number of benzene rings is 2. The van der Waals surface area contributed by atoms with E-state index in [9.17, 15) is 4.79 Å². The number of rotatable bonds is 7. The van der Waals surface area contributed by atoms with Crippen LogP contribution in [0.1, 0.15) is 36.6 Å². The summed E-state index contributed by atoms with van der Waals surface area (Å²) in [5, 5.41) is 0. The second-order valence-electron chi connectivity index (χ2n) is 7.78. The number of ether oxygens (including phenoxy) is 1. The van der Waals surface area contributed by atoms with E-state index in [0.29, 0.717) is 0 Å². The molecule has 2 nitrogen and oxygen atoms in total. The lowest BCUT2D eigenvalue weighted by Gasteiger charge is -2.16. The normalized spacial score (nSPS) is 20.7. The van der Waals surface area contributed by atoms with Gasteiger partial charge < -0.3 is 4.74 Å². The third-order valence-electron chi connectivity index (χ3n) is 5.46. The molecule has 1 fully saturated rings. The Kier molecular flexibility index (Phi) is 6.61. The maximum Gasteiger partial charge on any atom is 0.311 e. The summed E-state index contributed by atoms with van der Waals surface area (Å²) in [7, 11) is 0. The van der Waals surface area contributed by atoms with Crippen molar-refractivity contribution in [1.29, 1.82) is 0 Å². The van der Waals surface area contributed by atoms with Crippen molar-refractivity contribution in [2.24, 2.45) is 17.3 Å². The summed E-state index contributed by atoms with van der Waals surface area (Å²) in [6, 6.07) is 18.5. The number of hydrogen-bond acceptors (Lipinski definition) is 2. The highest BCUT2D eigenvalue weighted by Crippen LogP contribution is 2.60. The van der Waals surface area contributed by atoms with E-state index in [1.165, 1.54) is 11.1 Å². The monoisotopic (exact) mass is 502 g/mol. The van der Waals surface area contributed by atoms with Gasteiger partial charge >= 0.3 is 5.97 Å². The molecule has 0 heterocycles. The van der Waals surface area contributed by atoms with Crippen LogP contribution in [-0.4, -0.2) is 5.97 Å². The summed E-state index contributed by atoms with van der Waals surface area (Å²) in [6.45, 7) is 8.06. The van der Waals surface area contributed by atoms with Crippen LogP contribution in [0.4, 0.5) is 0 Å². The minimum atomic E-state index is -0.448. The van der Waals surface area contributed by atoms with Gasteiger partial charge in [-0.1, -0.05) is 81.1 Å². The van der Waals surface area contributed by atoms with Crippen LogP contribution in [0.3, 0.4) is 0 Å². The zero-order valence-corrected chi connectivity index (χ0v) is 19.2. The molecular weight excluding hydrogens is 480 g/mol. The number of allylic oxidation sites excluding steroid dienone is 1. The molecule has 0 spiro atoms. The average Bonchev–Trinajstić information content (AvgIpc) is 3.20. The van der Waals surface area contributed by atoms with Crippen LogP contribution >= 0.6 is 31.9 Å². The lowest BCUT2D eigenvalue weighted by atomic mass is 10.0. The molecule has 28 heavy (non-hydrogen) atoms. The van der Waals surface area contributed by atoms with Crippen LogP contribution in [0.15, 0.2) is 76.7 Å². The number of hydrogen-bond donors (Lipinski definition) is 0. The van der Waals surface area contributed by atoms with Gasteiger partial charge in [-0.15, -0.1) is 0 Å². The predicted molar refractivity (Wildman–Crippen MR) is 121 cm³/mol. The van der Waals surface area contributed by atoms with Gasteiger partial charge in [0.05, 0.1) is 9.31 Å². The summed E-state index contributed by atoms with van der Waals surface area (Å²) in [5.41, 5.74) is 3.28. The minimum absolute atomic E-state index is 0.106. The fourth-order valence-electron chi connectivity index (χ4n) is 3.74. The molecule has 1 aliphatic rings. The van der Waals surface area contributed by atoms with Gasteiger partial charge in [-0.05, 0) is 72.4 Å². The van der Waals surface area contributed by atoms with Gasteiger partial charge in [0.1, 0.15) is 6.10 Å². The summed E-state index contributed by atoms with van der Waals surface area (Å²) in [6.07, 6.45) is 4.11. The highest BCUT2D eigenvalue weighted by atomic mass is 79.9. The van der Waals surface area contributed by atoms with E-state index in [2.05, 4.69) is 76.6 Å². The van der Waals surface area contributed by atoms with Crippen LogP contribution in [0.5, 0.6) is 0 Å². The Bertz CT molecular complexity index is 882. The maximum absolute atomic E-state index is 12.8. The van der Waals surface area contributed by atoms with Crippen LogP contribution in [0.2, 0.25) is 0 Å². The molecule has 3 rings (SSSR count). The molecule has 2 aromatic rings. The second kappa shape index (κ2) is 8.79. The smallest absolute Gasteiger partial charge is 0.311 e. The first kappa shape index (κ1) is 21.1. The number of halogens is 2. The summed E-state index contributed by atoms with van der Waals surface area (Å²) in [5.74, 6) is -0.165. The molecule has 0 saturated heterocycles. The van der Waals surface area contributed by atoms with Crippen molar-refractivity contribution in [2.75, 3.05) is 0 Å². The van der Waals surface area contributed by atoms with Crippen LogP contribution in [0.25, 0.3) is 0 Å². The Balaban J connectivity index is 1.72. The molecule has 0 radical (unpaired) electrons. The topological polar surface area (TPSA) is 26.3 Å². The quantitative estimate of drug-likeness (QED) is 0.301. The molecule has 4 heteroatoms. The van der Waals surface area contributed by atoms with Gasteiger partial charge in [0, 0.05) is 0 Å². The van der Waals surface area contributed by atoms with Gasteiger partial charge in [-0.25, -0.2) is 0 Å². The van der Waals surface area contributed by atoms with Crippen LogP contribution in [-0.2, 0) is 16.0 Å². The molecule has 146 valence electrons. The highest BCUT2D eigenvalue weighted by molar-refractivity contribution is 9.28. The molecule has 1 saturated carbocycles. The number of carbonyl (C=O) groups excluding carboxylic acids is 1. The van der Waals surface area contributed by atoms with Crippen LogP contribution in [0, 0.1) is 17.3 Å². The largest absolute Gasteiger partial charge is 0.453 e. The molecular formula is C24H24Br2O2. The van der Waals surface area contributed by atoms with Gasteiger partial charge in [0.2, 0.25) is 0 Å². The Hall–Kier alpha value is -1.65. The molecule has 3 unspecified atom stereocenters. The summed E-state index contributed by atoms with van der Waals surface area (Å²) < 4.78 is 6.71. The highest BCUT2D eigenvalue weighted by Gasteiger charge is 2.61. The fourth-order valence-corrected chi connectivity index (χ4v) is 4.31. The SMILES string of the molecule is C=CC(OC(=O)C1C(C=C(Br)Br)C1(C)C)c1cccc(Cc2ccccc2)c1. The van der Waals surface area contributed by atoms with E-state index in [1.54, 1.807) is 6.08 Å². The van der Waals surface area contributed by atoms with E-state index >= 15 is 0 Å². The van der Waals surface area contributed by atoms with E-state index in [-0.39, 0.29) is 23.2 Å².